The molecule has 0 fully saturated rings. The quantitative estimate of drug-likeness (QED) is 0.467. The van der Waals surface area contributed by atoms with Crippen LogP contribution in [0.2, 0.25) is 0 Å². The second-order valence-corrected chi connectivity index (χ2v) is 4.79. The number of hydrogen-bond donors (Lipinski definition) is 2. The maximum Gasteiger partial charge on any atom is 0.173 e. The van der Waals surface area contributed by atoms with Crippen molar-refractivity contribution in [2.45, 2.75) is 30.5 Å². The lowest BCUT2D eigenvalue weighted by Crippen LogP contribution is -1.95. The highest BCUT2D eigenvalue weighted by Gasteiger charge is 1.97. The molecule has 0 radical (unpaired) electrons. The average molecular weight is 223 g/mol. The van der Waals surface area contributed by atoms with E-state index >= 15 is 0 Å². The van der Waals surface area contributed by atoms with E-state index in [-0.39, 0.29) is 0 Å². The Morgan fingerprint density at radius 2 is 1.80 bits per heavy atom. The van der Waals surface area contributed by atoms with Crippen molar-refractivity contribution in [2.75, 3.05) is 0 Å². The van der Waals surface area contributed by atoms with Crippen molar-refractivity contribution in [3.63, 3.8) is 0 Å². The summed E-state index contributed by atoms with van der Waals surface area (Å²) < 4.78 is 0. The molecule has 0 heterocycles. The van der Waals surface area contributed by atoms with Crippen LogP contribution in [0, 0.1) is 11.5 Å². The standard InChI is InChI=1S/C10H15NS.CH2N2/c1-8(2)12-10-5-3-9(7-11)4-6-10;2-1-3/h3-6,8H,7,11H2,1-2H3;2H2. The van der Waals surface area contributed by atoms with Gasteiger partial charge < -0.3 is 11.5 Å². The number of nitriles is 1. The van der Waals surface area contributed by atoms with Gasteiger partial charge in [-0.15, -0.1) is 11.8 Å². The Bertz CT molecular complexity index is 301. The van der Waals surface area contributed by atoms with Crippen LogP contribution in [0.1, 0.15) is 19.4 Å². The van der Waals surface area contributed by atoms with Crippen molar-refractivity contribution in [1.82, 2.24) is 0 Å². The van der Waals surface area contributed by atoms with Crippen LogP contribution in [-0.4, -0.2) is 5.25 Å². The molecule has 0 saturated carbocycles. The minimum absolute atomic E-state index is 0.632. The number of hydrogen-bond acceptors (Lipinski definition) is 4. The number of thioether (sulfide) groups is 1. The number of rotatable bonds is 3. The van der Waals surface area contributed by atoms with E-state index in [1.807, 2.05) is 11.8 Å². The molecule has 0 aliphatic carbocycles. The summed E-state index contributed by atoms with van der Waals surface area (Å²) in [7, 11) is 0. The summed E-state index contributed by atoms with van der Waals surface area (Å²) in [6, 6.07) is 8.44. The molecule has 4 N–H and O–H groups in total. The van der Waals surface area contributed by atoms with Gasteiger partial charge in [-0.1, -0.05) is 26.0 Å². The molecule has 0 aliphatic rings. The number of nitrogens with two attached hydrogens (primary N) is 2. The van der Waals surface area contributed by atoms with Gasteiger partial charge in [-0.3, -0.25) is 0 Å². The molecule has 1 aromatic rings. The molecule has 1 aromatic carbocycles. The van der Waals surface area contributed by atoms with Crippen LogP contribution in [0.15, 0.2) is 29.2 Å². The van der Waals surface area contributed by atoms with Gasteiger partial charge in [0.1, 0.15) is 0 Å². The third-order valence-corrected chi connectivity index (χ3v) is 2.55. The first-order valence-corrected chi connectivity index (χ1v) is 5.57. The largest absolute Gasteiger partial charge is 0.337 e. The molecular formula is C11H17N3S. The Balaban J connectivity index is 0.000000583. The molecule has 0 saturated heterocycles. The first kappa shape index (κ1) is 13.8. The average Bonchev–Trinajstić information content (AvgIpc) is 2.19. The van der Waals surface area contributed by atoms with Crippen molar-refractivity contribution < 1.29 is 0 Å². The summed E-state index contributed by atoms with van der Waals surface area (Å²) >= 11 is 1.88. The van der Waals surface area contributed by atoms with Crippen LogP contribution in [0.5, 0.6) is 0 Å². The van der Waals surface area contributed by atoms with Crippen LogP contribution in [0.4, 0.5) is 0 Å². The topological polar surface area (TPSA) is 75.8 Å². The van der Waals surface area contributed by atoms with Crippen molar-refractivity contribution in [2.24, 2.45) is 11.5 Å². The molecule has 0 spiro atoms. The van der Waals surface area contributed by atoms with E-state index < -0.39 is 0 Å². The second-order valence-electron chi connectivity index (χ2n) is 3.14. The van der Waals surface area contributed by atoms with Gasteiger partial charge in [0, 0.05) is 16.7 Å². The van der Waals surface area contributed by atoms with Gasteiger partial charge in [0.25, 0.3) is 0 Å². The normalized spacial score (nSPS) is 9.00. The fraction of sp³-hybridized carbons (Fsp3) is 0.364. The predicted molar refractivity (Wildman–Crippen MR) is 65.1 cm³/mol. The molecule has 1 rings (SSSR count). The molecule has 15 heavy (non-hydrogen) atoms. The maximum absolute atomic E-state index is 7.10. The Labute approximate surface area is 95.5 Å². The van der Waals surface area contributed by atoms with E-state index in [1.165, 1.54) is 16.7 Å². The summed E-state index contributed by atoms with van der Waals surface area (Å²) in [5, 5.41) is 7.74. The van der Waals surface area contributed by atoms with Crippen LogP contribution in [-0.2, 0) is 6.54 Å². The minimum atomic E-state index is 0.632. The first-order valence-electron chi connectivity index (χ1n) is 4.69. The lowest BCUT2D eigenvalue weighted by atomic mass is 10.2. The summed E-state index contributed by atoms with van der Waals surface area (Å²) in [4.78, 5) is 1.32. The van der Waals surface area contributed by atoms with E-state index in [0.29, 0.717) is 11.8 Å². The Hall–Kier alpha value is -1.18. The highest BCUT2D eigenvalue weighted by atomic mass is 32.2. The molecule has 0 bridgehead atoms. The third-order valence-electron chi connectivity index (χ3n) is 1.53. The summed E-state index contributed by atoms with van der Waals surface area (Å²) in [6.07, 6.45) is 1.25. The first-order chi connectivity index (χ1) is 7.13. The Kier molecular flexibility index (Phi) is 7.51. The second kappa shape index (κ2) is 8.16. The highest BCUT2D eigenvalue weighted by Crippen LogP contribution is 2.22. The zero-order valence-corrected chi connectivity index (χ0v) is 9.92. The van der Waals surface area contributed by atoms with Gasteiger partial charge in [-0.2, -0.15) is 5.26 Å². The van der Waals surface area contributed by atoms with Crippen molar-refractivity contribution in [1.29, 1.82) is 5.26 Å². The predicted octanol–water partition coefficient (Wildman–Crippen LogP) is 2.07. The molecule has 0 aliphatic heterocycles. The van der Waals surface area contributed by atoms with Crippen molar-refractivity contribution >= 4 is 11.8 Å². The molecule has 3 nitrogen and oxygen atoms in total. The molecule has 4 heteroatoms. The van der Waals surface area contributed by atoms with E-state index in [4.69, 9.17) is 11.0 Å². The lowest BCUT2D eigenvalue weighted by Gasteiger charge is -2.04. The molecule has 0 unspecified atom stereocenters. The smallest absolute Gasteiger partial charge is 0.173 e. The van der Waals surface area contributed by atoms with E-state index in [2.05, 4.69) is 43.8 Å². The summed E-state index contributed by atoms with van der Waals surface area (Å²) in [5.74, 6) is 0. The Morgan fingerprint density at radius 3 is 2.13 bits per heavy atom. The van der Waals surface area contributed by atoms with Gasteiger partial charge in [-0.25, -0.2) is 0 Å². The fourth-order valence-electron chi connectivity index (χ4n) is 0.976. The van der Waals surface area contributed by atoms with Crippen molar-refractivity contribution in [3.8, 4) is 6.19 Å². The third kappa shape index (κ3) is 6.83. The van der Waals surface area contributed by atoms with Gasteiger partial charge >= 0.3 is 0 Å². The van der Waals surface area contributed by atoms with Crippen LogP contribution in [0.3, 0.4) is 0 Å². The molecule has 0 atom stereocenters. The maximum atomic E-state index is 7.10. The zero-order chi connectivity index (χ0) is 11.7. The van der Waals surface area contributed by atoms with Crippen LogP contribution >= 0.6 is 11.8 Å². The van der Waals surface area contributed by atoms with Gasteiger partial charge in [0.2, 0.25) is 0 Å². The molecule has 82 valence electrons. The summed E-state index contributed by atoms with van der Waals surface area (Å²) in [5.41, 5.74) is 10.8. The van der Waals surface area contributed by atoms with E-state index in [9.17, 15) is 0 Å². The van der Waals surface area contributed by atoms with Gasteiger partial charge in [-0.05, 0) is 17.7 Å². The van der Waals surface area contributed by atoms with Crippen molar-refractivity contribution in [3.05, 3.63) is 29.8 Å². The highest BCUT2D eigenvalue weighted by molar-refractivity contribution is 7.99. The van der Waals surface area contributed by atoms with Gasteiger partial charge in [0.15, 0.2) is 6.19 Å². The lowest BCUT2D eigenvalue weighted by molar-refractivity contribution is 1.06. The molecular weight excluding hydrogens is 206 g/mol. The van der Waals surface area contributed by atoms with Crippen LogP contribution in [0.25, 0.3) is 0 Å². The van der Waals surface area contributed by atoms with Crippen LogP contribution < -0.4 is 11.5 Å². The fourth-order valence-corrected chi connectivity index (χ4v) is 1.81. The number of benzene rings is 1. The molecule has 0 amide bonds. The SMILES string of the molecule is CC(C)Sc1ccc(CN)cc1.N#CN. The Morgan fingerprint density at radius 1 is 1.33 bits per heavy atom. The minimum Gasteiger partial charge on any atom is -0.337 e. The van der Waals surface area contributed by atoms with Gasteiger partial charge in [0.05, 0.1) is 0 Å². The summed E-state index contributed by atoms with van der Waals surface area (Å²) in [6.45, 7) is 5.02. The number of nitrogens with zero attached hydrogens (tertiary/aromatic N) is 1. The van der Waals surface area contributed by atoms with E-state index in [0.717, 1.165) is 0 Å². The van der Waals surface area contributed by atoms with E-state index in [1.54, 1.807) is 0 Å². The molecule has 0 aromatic heterocycles. The monoisotopic (exact) mass is 223 g/mol. The zero-order valence-electron chi connectivity index (χ0n) is 9.10.